The summed E-state index contributed by atoms with van der Waals surface area (Å²) in [7, 11) is 0.190. The number of halogens is 2. The minimum atomic E-state index is -4.14. The highest BCUT2D eigenvalue weighted by molar-refractivity contribution is 7.92. The van der Waals surface area contributed by atoms with Gasteiger partial charge in [-0.25, -0.2) is 8.42 Å². The van der Waals surface area contributed by atoms with Gasteiger partial charge in [-0.3, -0.25) is 9.10 Å². The molecule has 0 heterocycles. The van der Waals surface area contributed by atoms with Gasteiger partial charge in [0.15, 0.2) is 0 Å². The van der Waals surface area contributed by atoms with E-state index < -0.39 is 22.5 Å². The molecular formula is C23H22Cl2N2O6S. The summed E-state index contributed by atoms with van der Waals surface area (Å²) in [5, 5.41) is 3.27. The lowest BCUT2D eigenvalue weighted by Gasteiger charge is -2.24. The van der Waals surface area contributed by atoms with Crippen LogP contribution in [-0.4, -0.2) is 42.2 Å². The lowest BCUT2D eigenvalue weighted by molar-refractivity contribution is -0.114. The number of sulfonamides is 1. The van der Waals surface area contributed by atoms with Gasteiger partial charge in [0.25, 0.3) is 10.0 Å². The average molecular weight is 525 g/mol. The van der Waals surface area contributed by atoms with Gasteiger partial charge in [-0.15, -0.1) is 0 Å². The first-order valence-corrected chi connectivity index (χ1v) is 12.0. The molecular weight excluding hydrogens is 503 g/mol. The maximum absolute atomic E-state index is 13.5. The highest BCUT2D eigenvalue weighted by atomic mass is 35.5. The van der Waals surface area contributed by atoms with E-state index in [0.717, 1.165) is 4.31 Å². The van der Waals surface area contributed by atoms with Crippen molar-refractivity contribution in [3.05, 3.63) is 70.7 Å². The lowest BCUT2D eigenvalue weighted by atomic mass is 10.2. The Balaban J connectivity index is 1.97. The topological polar surface area (TPSA) is 94.2 Å². The zero-order valence-electron chi connectivity index (χ0n) is 18.5. The van der Waals surface area contributed by atoms with E-state index in [0.29, 0.717) is 21.5 Å². The minimum Gasteiger partial charge on any atom is -0.497 e. The molecule has 0 atom stereocenters. The molecule has 180 valence electrons. The number of rotatable bonds is 9. The fourth-order valence-electron chi connectivity index (χ4n) is 3.10. The third-order valence-electron chi connectivity index (χ3n) is 4.78. The SMILES string of the molecule is COc1ccc(S(=O)(=O)N(CC(=O)Nc2cc(OC)c(Cl)cc2OC)c2cccc(Cl)c2)cc1. The predicted molar refractivity (Wildman–Crippen MR) is 132 cm³/mol. The lowest BCUT2D eigenvalue weighted by Crippen LogP contribution is -2.38. The highest BCUT2D eigenvalue weighted by Gasteiger charge is 2.28. The van der Waals surface area contributed by atoms with Crippen LogP contribution in [0.5, 0.6) is 17.2 Å². The third-order valence-corrected chi connectivity index (χ3v) is 7.10. The van der Waals surface area contributed by atoms with E-state index in [-0.39, 0.29) is 22.0 Å². The second-order valence-corrected chi connectivity index (χ2v) is 9.61. The molecule has 1 amide bonds. The molecule has 0 aliphatic rings. The number of carbonyl (C=O) groups is 1. The van der Waals surface area contributed by atoms with Gasteiger partial charge < -0.3 is 19.5 Å². The second-order valence-electron chi connectivity index (χ2n) is 6.90. The fourth-order valence-corrected chi connectivity index (χ4v) is 4.93. The molecule has 0 unspecified atom stereocenters. The standard InChI is InChI=1S/C23H22Cl2N2O6S/c1-31-17-7-9-18(10-8-17)34(29,30)27(16-6-4-5-15(24)11-16)14-23(28)26-20-13-21(32-2)19(25)12-22(20)33-3/h4-13H,14H2,1-3H3,(H,26,28). The van der Waals surface area contributed by atoms with Crippen molar-refractivity contribution < 1.29 is 27.4 Å². The molecule has 0 spiro atoms. The van der Waals surface area contributed by atoms with Gasteiger partial charge in [0, 0.05) is 17.2 Å². The summed E-state index contributed by atoms with van der Waals surface area (Å²) in [5.41, 5.74) is 0.487. The third kappa shape index (κ3) is 5.67. The first-order chi connectivity index (χ1) is 16.2. The molecule has 34 heavy (non-hydrogen) atoms. The number of nitrogens with one attached hydrogen (secondary N) is 1. The van der Waals surface area contributed by atoms with E-state index in [9.17, 15) is 13.2 Å². The van der Waals surface area contributed by atoms with E-state index in [2.05, 4.69) is 5.32 Å². The number of amides is 1. The van der Waals surface area contributed by atoms with Crippen molar-refractivity contribution in [2.24, 2.45) is 0 Å². The Morgan fingerprint density at radius 1 is 0.912 bits per heavy atom. The average Bonchev–Trinajstić information content (AvgIpc) is 2.83. The monoisotopic (exact) mass is 524 g/mol. The van der Waals surface area contributed by atoms with Crippen LogP contribution in [0.3, 0.4) is 0 Å². The van der Waals surface area contributed by atoms with Crippen molar-refractivity contribution in [2.75, 3.05) is 37.5 Å². The molecule has 0 aromatic heterocycles. The normalized spacial score (nSPS) is 11.0. The van der Waals surface area contributed by atoms with E-state index in [1.54, 1.807) is 18.2 Å². The van der Waals surface area contributed by atoms with Crippen LogP contribution in [-0.2, 0) is 14.8 Å². The predicted octanol–water partition coefficient (Wildman–Crippen LogP) is 4.85. The molecule has 0 radical (unpaired) electrons. The van der Waals surface area contributed by atoms with E-state index in [4.69, 9.17) is 37.4 Å². The van der Waals surface area contributed by atoms with Crippen LogP contribution in [0.25, 0.3) is 0 Å². The Morgan fingerprint density at radius 2 is 1.59 bits per heavy atom. The molecule has 3 aromatic rings. The van der Waals surface area contributed by atoms with Crippen LogP contribution in [0.4, 0.5) is 11.4 Å². The van der Waals surface area contributed by atoms with Crippen LogP contribution in [0.15, 0.2) is 65.6 Å². The Labute approximate surface area is 208 Å². The first kappa shape index (κ1) is 25.5. The van der Waals surface area contributed by atoms with Gasteiger partial charge in [0.05, 0.1) is 42.6 Å². The number of nitrogens with zero attached hydrogens (tertiary/aromatic N) is 1. The maximum atomic E-state index is 13.5. The van der Waals surface area contributed by atoms with Gasteiger partial charge in [0.2, 0.25) is 5.91 Å². The van der Waals surface area contributed by atoms with Crippen LogP contribution >= 0.6 is 23.2 Å². The molecule has 0 aliphatic carbocycles. The maximum Gasteiger partial charge on any atom is 0.264 e. The van der Waals surface area contributed by atoms with Gasteiger partial charge in [-0.05, 0) is 42.5 Å². The van der Waals surface area contributed by atoms with Crippen molar-refractivity contribution in [3.8, 4) is 17.2 Å². The number of hydrogen-bond donors (Lipinski definition) is 1. The van der Waals surface area contributed by atoms with Crippen LogP contribution in [0.1, 0.15) is 0 Å². The quantitative estimate of drug-likeness (QED) is 0.429. The van der Waals surface area contributed by atoms with E-state index in [1.165, 1.54) is 63.8 Å². The summed E-state index contributed by atoms with van der Waals surface area (Å²) < 4.78 is 43.5. The number of ether oxygens (including phenoxy) is 3. The smallest absolute Gasteiger partial charge is 0.264 e. The summed E-state index contributed by atoms with van der Waals surface area (Å²) in [5.74, 6) is 0.469. The van der Waals surface area contributed by atoms with Crippen LogP contribution in [0, 0.1) is 0 Å². The van der Waals surface area contributed by atoms with Crippen molar-refractivity contribution in [2.45, 2.75) is 4.90 Å². The zero-order valence-corrected chi connectivity index (χ0v) is 20.9. The Hall–Kier alpha value is -3.14. The van der Waals surface area contributed by atoms with E-state index in [1.807, 2.05) is 0 Å². The van der Waals surface area contributed by atoms with Crippen LogP contribution in [0.2, 0.25) is 10.0 Å². The largest absolute Gasteiger partial charge is 0.497 e. The van der Waals surface area contributed by atoms with E-state index >= 15 is 0 Å². The molecule has 11 heteroatoms. The summed E-state index contributed by atoms with van der Waals surface area (Å²) in [6.45, 7) is -0.539. The number of hydrogen-bond acceptors (Lipinski definition) is 6. The number of carbonyl (C=O) groups excluding carboxylic acids is 1. The van der Waals surface area contributed by atoms with Gasteiger partial charge in [0.1, 0.15) is 23.8 Å². The highest BCUT2D eigenvalue weighted by Crippen LogP contribution is 2.36. The molecule has 0 saturated carbocycles. The second kappa shape index (κ2) is 10.9. The molecule has 0 aliphatic heterocycles. The van der Waals surface area contributed by atoms with Crippen molar-refractivity contribution in [1.29, 1.82) is 0 Å². The summed E-state index contributed by atoms with van der Waals surface area (Å²) in [6, 6.07) is 15.0. The summed E-state index contributed by atoms with van der Waals surface area (Å²) in [6.07, 6.45) is 0. The summed E-state index contributed by atoms with van der Waals surface area (Å²) >= 11 is 12.2. The zero-order chi connectivity index (χ0) is 24.9. The number of methoxy groups -OCH3 is 3. The molecule has 0 fully saturated rings. The van der Waals surface area contributed by atoms with Gasteiger partial charge >= 0.3 is 0 Å². The number of benzene rings is 3. The fraction of sp³-hybridized carbons (Fsp3) is 0.174. The summed E-state index contributed by atoms with van der Waals surface area (Å²) in [4.78, 5) is 13.0. The molecule has 0 bridgehead atoms. The Bertz CT molecular complexity index is 1280. The molecule has 3 rings (SSSR count). The molecule has 1 N–H and O–H groups in total. The van der Waals surface area contributed by atoms with Crippen molar-refractivity contribution >= 4 is 50.5 Å². The van der Waals surface area contributed by atoms with Crippen molar-refractivity contribution in [1.82, 2.24) is 0 Å². The minimum absolute atomic E-state index is 0.0215. The Kier molecular flexibility index (Phi) is 8.14. The Morgan fingerprint density at radius 3 is 2.18 bits per heavy atom. The van der Waals surface area contributed by atoms with Gasteiger partial charge in [-0.1, -0.05) is 29.3 Å². The van der Waals surface area contributed by atoms with Crippen molar-refractivity contribution in [3.63, 3.8) is 0 Å². The molecule has 3 aromatic carbocycles. The number of anilines is 2. The first-order valence-electron chi connectivity index (χ1n) is 9.83. The molecule has 0 saturated heterocycles. The van der Waals surface area contributed by atoms with Gasteiger partial charge in [-0.2, -0.15) is 0 Å². The molecule has 8 nitrogen and oxygen atoms in total. The van der Waals surface area contributed by atoms with Crippen LogP contribution < -0.4 is 23.8 Å².